The van der Waals surface area contributed by atoms with Crippen molar-refractivity contribution >= 4 is 45.5 Å². The van der Waals surface area contributed by atoms with Crippen LogP contribution >= 0.6 is 11.6 Å². The first-order valence-corrected chi connectivity index (χ1v) is 12.8. The van der Waals surface area contributed by atoms with Crippen molar-refractivity contribution < 1.29 is 4.79 Å². The van der Waals surface area contributed by atoms with E-state index >= 15 is 0 Å². The first-order valence-electron chi connectivity index (χ1n) is 12.4. The summed E-state index contributed by atoms with van der Waals surface area (Å²) < 4.78 is 0. The normalized spacial score (nSPS) is 10.6. The van der Waals surface area contributed by atoms with Gasteiger partial charge in [0.15, 0.2) is 0 Å². The predicted molar refractivity (Wildman–Crippen MR) is 155 cm³/mol. The molecule has 5 rings (SSSR count). The van der Waals surface area contributed by atoms with E-state index in [0.717, 1.165) is 33.5 Å². The van der Waals surface area contributed by atoms with E-state index in [1.165, 1.54) is 6.20 Å². The molecule has 0 aliphatic carbocycles. The first kappa shape index (κ1) is 25.7. The second-order valence-electron chi connectivity index (χ2n) is 8.98. The van der Waals surface area contributed by atoms with Crippen molar-refractivity contribution in [1.82, 2.24) is 15.3 Å². The summed E-state index contributed by atoms with van der Waals surface area (Å²) in [6.45, 7) is 0.978. The summed E-state index contributed by atoms with van der Waals surface area (Å²) in [5.74, 6) is -0.125. The van der Waals surface area contributed by atoms with E-state index in [1.807, 2.05) is 66.7 Å². The Kier molecular flexibility index (Phi) is 7.96. The fraction of sp³-hybridized carbons (Fsp3) is 0.0968. The molecule has 0 radical (unpaired) electrons. The average Bonchev–Trinajstić information content (AvgIpc) is 2.96. The second-order valence-corrected chi connectivity index (χ2v) is 9.42. The van der Waals surface area contributed by atoms with Crippen molar-refractivity contribution in [2.75, 3.05) is 10.6 Å². The minimum Gasteiger partial charge on any atom is -0.381 e. The molecule has 0 aliphatic heterocycles. The number of hydrogen-bond donors (Lipinski definition) is 3. The van der Waals surface area contributed by atoms with Crippen LogP contribution in [0.3, 0.4) is 0 Å². The molecule has 0 unspecified atom stereocenters. The predicted octanol–water partition coefficient (Wildman–Crippen LogP) is 6.37. The summed E-state index contributed by atoms with van der Waals surface area (Å²) in [7, 11) is 0. The van der Waals surface area contributed by atoms with E-state index in [2.05, 4.69) is 32.0 Å². The number of nitriles is 1. The molecule has 0 atom stereocenters. The monoisotopic (exact) mass is 532 g/mol. The number of hydrogen-bond acceptors (Lipinski definition) is 6. The van der Waals surface area contributed by atoms with Gasteiger partial charge in [-0.2, -0.15) is 5.26 Å². The highest BCUT2D eigenvalue weighted by atomic mass is 35.5. The van der Waals surface area contributed by atoms with Crippen LogP contribution in [0.25, 0.3) is 10.9 Å². The van der Waals surface area contributed by atoms with Gasteiger partial charge in [-0.05, 0) is 53.1 Å². The van der Waals surface area contributed by atoms with Crippen molar-refractivity contribution in [3.05, 3.63) is 125 Å². The number of halogens is 1. The molecule has 0 fully saturated rings. The van der Waals surface area contributed by atoms with Crippen LogP contribution in [0.2, 0.25) is 5.02 Å². The molecule has 7 nitrogen and oxygen atoms in total. The highest BCUT2D eigenvalue weighted by Gasteiger charge is 2.16. The lowest BCUT2D eigenvalue weighted by molar-refractivity contribution is -0.120. The highest BCUT2D eigenvalue weighted by Crippen LogP contribution is 2.34. The Bertz CT molecular complexity index is 1650. The van der Waals surface area contributed by atoms with Gasteiger partial charge in [-0.1, -0.05) is 54.1 Å². The Morgan fingerprint density at radius 2 is 1.74 bits per heavy atom. The van der Waals surface area contributed by atoms with Gasteiger partial charge in [0.25, 0.3) is 0 Å². The van der Waals surface area contributed by atoms with Gasteiger partial charge >= 0.3 is 0 Å². The molecule has 2 heterocycles. The number of benzene rings is 3. The van der Waals surface area contributed by atoms with Crippen LogP contribution in [0.4, 0.5) is 17.1 Å². The number of nitrogens with one attached hydrogen (secondary N) is 3. The van der Waals surface area contributed by atoms with Gasteiger partial charge in [0.05, 0.1) is 23.2 Å². The molecule has 3 aromatic carbocycles. The number of fused-ring (bicyclic) bond motifs is 1. The summed E-state index contributed by atoms with van der Waals surface area (Å²) >= 11 is 6.21. The quantitative estimate of drug-likeness (QED) is 0.204. The lowest BCUT2D eigenvalue weighted by Gasteiger charge is -2.16. The summed E-state index contributed by atoms with van der Waals surface area (Å²) in [4.78, 5) is 21.8. The summed E-state index contributed by atoms with van der Waals surface area (Å²) in [6.07, 6.45) is 5.19. The molecule has 0 saturated heterocycles. The second kappa shape index (κ2) is 12.1. The van der Waals surface area contributed by atoms with Crippen LogP contribution in [0.1, 0.15) is 22.3 Å². The zero-order chi connectivity index (χ0) is 27.0. The van der Waals surface area contributed by atoms with Crippen molar-refractivity contribution in [2.45, 2.75) is 19.5 Å². The Labute approximate surface area is 231 Å². The molecule has 3 N–H and O–H groups in total. The Morgan fingerprint density at radius 1 is 0.897 bits per heavy atom. The molecular weight excluding hydrogens is 508 g/mol. The Hall–Kier alpha value is -4.93. The molecular formula is C31H25ClN6O. The molecule has 5 aromatic rings. The van der Waals surface area contributed by atoms with E-state index in [0.29, 0.717) is 34.9 Å². The minimum absolute atomic E-state index is 0.125. The smallest absolute Gasteiger partial charge is 0.224 e. The minimum atomic E-state index is -0.125. The number of anilines is 3. The van der Waals surface area contributed by atoms with Gasteiger partial charge in [0.2, 0.25) is 5.91 Å². The van der Waals surface area contributed by atoms with Crippen molar-refractivity contribution in [1.29, 1.82) is 5.26 Å². The van der Waals surface area contributed by atoms with Crippen LogP contribution in [-0.2, 0) is 24.3 Å². The van der Waals surface area contributed by atoms with Crippen LogP contribution in [-0.4, -0.2) is 15.9 Å². The van der Waals surface area contributed by atoms with E-state index in [-0.39, 0.29) is 12.3 Å². The van der Waals surface area contributed by atoms with Gasteiger partial charge in [-0.25, -0.2) is 0 Å². The van der Waals surface area contributed by atoms with Crippen LogP contribution in [0.5, 0.6) is 0 Å². The van der Waals surface area contributed by atoms with Gasteiger partial charge in [0.1, 0.15) is 6.07 Å². The van der Waals surface area contributed by atoms with Crippen molar-refractivity contribution in [3.8, 4) is 6.07 Å². The van der Waals surface area contributed by atoms with Crippen molar-refractivity contribution in [2.24, 2.45) is 0 Å². The molecule has 0 saturated carbocycles. The molecule has 0 bridgehead atoms. The van der Waals surface area contributed by atoms with Crippen LogP contribution in [0.15, 0.2) is 97.5 Å². The van der Waals surface area contributed by atoms with Crippen LogP contribution in [0, 0.1) is 11.3 Å². The van der Waals surface area contributed by atoms with E-state index < -0.39 is 0 Å². The summed E-state index contributed by atoms with van der Waals surface area (Å²) in [6, 6.07) is 27.0. The van der Waals surface area contributed by atoms with Gasteiger partial charge in [-0.15, -0.1) is 0 Å². The fourth-order valence-corrected chi connectivity index (χ4v) is 4.47. The average molecular weight is 533 g/mol. The number of aromatic nitrogens is 2. The van der Waals surface area contributed by atoms with E-state index in [9.17, 15) is 10.1 Å². The molecule has 39 heavy (non-hydrogen) atoms. The van der Waals surface area contributed by atoms with E-state index in [1.54, 1.807) is 24.5 Å². The molecule has 8 heteroatoms. The third-order valence-electron chi connectivity index (χ3n) is 6.17. The fourth-order valence-electron chi connectivity index (χ4n) is 4.28. The zero-order valence-corrected chi connectivity index (χ0v) is 21.7. The van der Waals surface area contributed by atoms with E-state index in [4.69, 9.17) is 11.6 Å². The molecule has 192 valence electrons. The number of rotatable bonds is 9. The first-order chi connectivity index (χ1) is 19.1. The number of carbonyl (C=O) groups is 1. The van der Waals surface area contributed by atoms with Gasteiger partial charge in [0, 0.05) is 53.5 Å². The Balaban J connectivity index is 1.52. The lowest BCUT2D eigenvalue weighted by atomic mass is 10.0. The highest BCUT2D eigenvalue weighted by molar-refractivity contribution is 6.30. The topological polar surface area (TPSA) is 103 Å². The maximum Gasteiger partial charge on any atom is 0.224 e. The Morgan fingerprint density at radius 3 is 2.51 bits per heavy atom. The zero-order valence-electron chi connectivity index (χ0n) is 21.0. The van der Waals surface area contributed by atoms with Gasteiger partial charge < -0.3 is 16.0 Å². The number of pyridine rings is 2. The lowest BCUT2D eigenvalue weighted by Crippen LogP contribution is -2.24. The third-order valence-corrected chi connectivity index (χ3v) is 6.40. The molecule has 0 aliphatic rings. The molecule has 1 amide bonds. The third kappa shape index (κ3) is 6.50. The maximum absolute atomic E-state index is 13.0. The van der Waals surface area contributed by atoms with Crippen LogP contribution < -0.4 is 16.0 Å². The molecule has 0 spiro atoms. The maximum atomic E-state index is 13.0. The summed E-state index contributed by atoms with van der Waals surface area (Å²) in [5, 5.41) is 21.0. The summed E-state index contributed by atoms with van der Waals surface area (Å²) in [5.41, 5.74) is 5.93. The van der Waals surface area contributed by atoms with Crippen molar-refractivity contribution in [3.63, 3.8) is 0 Å². The number of amides is 1. The molecule has 2 aromatic heterocycles. The SMILES string of the molecule is N#Cc1cnc2c(CC(=O)NCc3ccccc3)cc(NCc3cccnc3)cc2c1Nc1cccc(Cl)c1. The largest absolute Gasteiger partial charge is 0.381 e. The number of nitrogens with zero attached hydrogens (tertiary/aromatic N) is 3. The number of carbonyl (C=O) groups excluding carboxylic acids is 1. The standard InChI is InChI=1S/C31H25ClN6O/c32-25-9-4-10-26(14-25)38-31-24(16-33)20-37-30-23(13-29(39)36-18-21-6-2-1-3-7-21)12-27(15-28(30)31)35-19-22-8-5-11-34-17-22/h1-12,14-15,17,20,35H,13,18-19H2,(H,36,39)(H,37,38). The van der Waals surface area contributed by atoms with Gasteiger partial charge in [-0.3, -0.25) is 14.8 Å².